The van der Waals surface area contributed by atoms with Crippen molar-refractivity contribution in [2.75, 3.05) is 51.7 Å². The Labute approximate surface area is 232 Å². The van der Waals surface area contributed by atoms with E-state index in [0.717, 1.165) is 77.5 Å². The van der Waals surface area contributed by atoms with E-state index in [9.17, 15) is 9.59 Å². The SMILES string of the molecule is Br.Br.CN(C)c1ccc(CCNCCCCNCCCNC(=O)CCCCCCC(=O)NO)cc1. The fraction of sp³-hybridized carbons (Fsp3) is 0.680. The molecular formula is C25H47Br2N5O3. The van der Waals surface area contributed by atoms with Crippen LogP contribution in [0.1, 0.15) is 63.4 Å². The summed E-state index contributed by atoms with van der Waals surface area (Å²) in [5, 5.41) is 18.3. The van der Waals surface area contributed by atoms with Crippen LogP contribution in [0.5, 0.6) is 0 Å². The Bertz CT molecular complexity index is 648. The zero-order chi connectivity index (χ0) is 24.2. The van der Waals surface area contributed by atoms with E-state index in [2.05, 4.69) is 59.2 Å². The summed E-state index contributed by atoms with van der Waals surface area (Å²) in [5.74, 6) is -0.251. The Kier molecular flexibility index (Phi) is 25.2. The highest BCUT2D eigenvalue weighted by molar-refractivity contribution is 8.93. The lowest BCUT2D eigenvalue weighted by Crippen LogP contribution is -2.27. The molecule has 10 heteroatoms. The minimum absolute atomic E-state index is 0. The van der Waals surface area contributed by atoms with E-state index < -0.39 is 0 Å². The van der Waals surface area contributed by atoms with Crippen LogP contribution in [0.25, 0.3) is 0 Å². The molecule has 0 aliphatic heterocycles. The average molecular weight is 625 g/mol. The number of anilines is 1. The molecule has 35 heavy (non-hydrogen) atoms. The lowest BCUT2D eigenvalue weighted by molar-refractivity contribution is -0.129. The van der Waals surface area contributed by atoms with Crippen LogP contribution in [0.4, 0.5) is 5.69 Å². The van der Waals surface area contributed by atoms with Gasteiger partial charge in [0.15, 0.2) is 0 Å². The van der Waals surface area contributed by atoms with Gasteiger partial charge in [0.25, 0.3) is 0 Å². The van der Waals surface area contributed by atoms with Crippen molar-refractivity contribution in [3.8, 4) is 0 Å². The summed E-state index contributed by atoms with van der Waals surface area (Å²) in [6.45, 7) is 4.69. The van der Waals surface area contributed by atoms with Gasteiger partial charge in [-0.2, -0.15) is 0 Å². The van der Waals surface area contributed by atoms with Gasteiger partial charge in [-0.3, -0.25) is 14.8 Å². The predicted octanol–water partition coefficient (Wildman–Crippen LogP) is 3.76. The molecule has 0 heterocycles. The van der Waals surface area contributed by atoms with E-state index in [1.165, 1.54) is 11.3 Å². The first kappa shape index (κ1) is 36.0. The summed E-state index contributed by atoms with van der Waals surface area (Å²) in [6, 6.07) is 8.74. The number of carbonyl (C=O) groups is 2. The number of hydroxylamine groups is 1. The quantitative estimate of drug-likeness (QED) is 0.0860. The molecule has 0 bridgehead atoms. The van der Waals surface area contributed by atoms with Crippen molar-refractivity contribution >= 4 is 51.5 Å². The number of hydrogen-bond donors (Lipinski definition) is 5. The van der Waals surface area contributed by atoms with Crippen LogP contribution < -0.4 is 26.3 Å². The molecule has 0 aliphatic carbocycles. The molecule has 2 amide bonds. The van der Waals surface area contributed by atoms with E-state index in [-0.39, 0.29) is 45.8 Å². The van der Waals surface area contributed by atoms with Crippen molar-refractivity contribution in [2.24, 2.45) is 0 Å². The molecule has 1 aromatic carbocycles. The van der Waals surface area contributed by atoms with Gasteiger partial charge >= 0.3 is 0 Å². The van der Waals surface area contributed by atoms with Crippen molar-refractivity contribution < 1.29 is 14.8 Å². The third-order valence-electron chi connectivity index (χ3n) is 5.54. The zero-order valence-electron chi connectivity index (χ0n) is 21.4. The van der Waals surface area contributed by atoms with Gasteiger partial charge in [-0.15, -0.1) is 34.0 Å². The monoisotopic (exact) mass is 623 g/mol. The number of hydrogen-bond acceptors (Lipinski definition) is 6. The maximum atomic E-state index is 11.8. The normalized spacial score (nSPS) is 10.1. The van der Waals surface area contributed by atoms with Crippen molar-refractivity contribution in [1.82, 2.24) is 21.4 Å². The molecule has 0 atom stereocenters. The second-order valence-corrected chi connectivity index (χ2v) is 8.67. The molecule has 0 spiro atoms. The summed E-state index contributed by atoms with van der Waals surface area (Å²) >= 11 is 0. The highest BCUT2D eigenvalue weighted by atomic mass is 79.9. The third-order valence-corrected chi connectivity index (χ3v) is 5.54. The van der Waals surface area contributed by atoms with Crippen LogP contribution >= 0.6 is 34.0 Å². The summed E-state index contributed by atoms with van der Waals surface area (Å²) in [4.78, 5) is 24.8. The van der Waals surface area contributed by atoms with Gasteiger partial charge < -0.3 is 20.9 Å². The Morgan fingerprint density at radius 2 is 1.26 bits per heavy atom. The van der Waals surface area contributed by atoms with Gasteiger partial charge in [-0.1, -0.05) is 25.0 Å². The van der Waals surface area contributed by atoms with Crippen LogP contribution in [0.2, 0.25) is 0 Å². The zero-order valence-corrected chi connectivity index (χ0v) is 24.9. The maximum absolute atomic E-state index is 11.8. The first-order valence-electron chi connectivity index (χ1n) is 12.4. The molecule has 1 rings (SSSR count). The number of unbranched alkanes of at least 4 members (excludes halogenated alkanes) is 4. The van der Waals surface area contributed by atoms with Gasteiger partial charge in [0, 0.05) is 39.2 Å². The first-order valence-corrected chi connectivity index (χ1v) is 12.4. The van der Waals surface area contributed by atoms with Gasteiger partial charge in [-0.05, 0) is 82.4 Å². The molecule has 0 radical (unpaired) electrons. The molecule has 0 fully saturated rings. The molecule has 1 aromatic rings. The molecular weight excluding hydrogens is 578 g/mol. The Balaban J connectivity index is 0. The van der Waals surface area contributed by atoms with Crippen molar-refractivity contribution in [1.29, 1.82) is 0 Å². The van der Waals surface area contributed by atoms with E-state index in [1.807, 2.05) is 0 Å². The Hall–Kier alpha value is -1.20. The molecule has 0 saturated carbocycles. The van der Waals surface area contributed by atoms with Crippen LogP contribution in [0, 0.1) is 0 Å². The van der Waals surface area contributed by atoms with E-state index in [0.29, 0.717) is 19.4 Å². The fourth-order valence-electron chi connectivity index (χ4n) is 3.45. The smallest absolute Gasteiger partial charge is 0.243 e. The molecule has 0 unspecified atom stereocenters. The minimum Gasteiger partial charge on any atom is -0.378 e. The first-order chi connectivity index (χ1) is 16.0. The standard InChI is InChI=1S/C25H45N5O3.2BrH/c1-30(2)23-14-12-22(13-15-23)16-21-27-18-8-7-17-26-19-9-20-28-24(31)10-5-3-4-6-11-25(32)29-33;;/h12-15,26-27,33H,3-11,16-21H2,1-2H3,(H,28,31)(H,29,32);2*1H. The van der Waals surface area contributed by atoms with Crippen LogP contribution in [0.3, 0.4) is 0 Å². The number of amides is 2. The van der Waals surface area contributed by atoms with Crippen LogP contribution in [0.15, 0.2) is 24.3 Å². The minimum atomic E-state index is -0.351. The Morgan fingerprint density at radius 1 is 0.714 bits per heavy atom. The van der Waals surface area contributed by atoms with E-state index >= 15 is 0 Å². The number of rotatable bonds is 20. The van der Waals surface area contributed by atoms with Gasteiger partial charge in [0.1, 0.15) is 0 Å². The van der Waals surface area contributed by atoms with Crippen LogP contribution in [-0.2, 0) is 16.0 Å². The molecule has 0 saturated heterocycles. The van der Waals surface area contributed by atoms with E-state index in [1.54, 1.807) is 5.48 Å². The summed E-state index contributed by atoms with van der Waals surface area (Å²) in [6.07, 6.45) is 8.56. The number of halogens is 2. The lowest BCUT2D eigenvalue weighted by atomic mass is 10.1. The fourth-order valence-corrected chi connectivity index (χ4v) is 3.45. The highest BCUT2D eigenvalue weighted by Gasteiger charge is 2.02. The van der Waals surface area contributed by atoms with Gasteiger partial charge in [-0.25, -0.2) is 5.48 Å². The second-order valence-electron chi connectivity index (χ2n) is 8.67. The molecule has 0 aliphatic rings. The highest BCUT2D eigenvalue weighted by Crippen LogP contribution is 2.12. The average Bonchev–Trinajstić information content (AvgIpc) is 2.82. The van der Waals surface area contributed by atoms with Crippen molar-refractivity contribution in [3.63, 3.8) is 0 Å². The maximum Gasteiger partial charge on any atom is 0.243 e. The number of nitrogens with zero attached hydrogens (tertiary/aromatic N) is 1. The van der Waals surface area contributed by atoms with Crippen molar-refractivity contribution in [2.45, 2.75) is 64.2 Å². The second kappa shape index (κ2) is 24.5. The predicted molar refractivity (Wildman–Crippen MR) is 155 cm³/mol. The topological polar surface area (TPSA) is 106 Å². The number of carbonyl (C=O) groups excluding carboxylic acids is 2. The molecule has 0 aromatic heterocycles. The summed E-state index contributed by atoms with van der Waals surface area (Å²) in [7, 11) is 4.12. The largest absolute Gasteiger partial charge is 0.378 e. The Morgan fingerprint density at radius 3 is 1.83 bits per heavy atom. The van der Waals surface area contributed by atoms with Gasteiger partial charge in [0.2, 0.25) is 11.8 Å². The van der Waals surface area contributed by atoms with E-state index in [4.69, 9.17) is 5.21 Å². The molecule has 5 N–H and O–H groups in total. The number of benzene rings is 1. The molecule has 8 nitrogen and oxygen atoms in total. The number of nitrogens with one attached hydrogen (secondary N) is 4. The van der Waals surface area contributed by atoms with Gasteiger partial charge in [0.05, 0.1) is 0 Å². The summed E-state index contributed by atoms with van der Waals surface area (Å²) in [5.41, 5.74) is 4.23. The lowest BCUT2D eigenvalue weighted by Gasteiger charge is -2.12. The van der Waals surface area contributed by atoms with Crippen molar-refractivity contribution in [3.05, 3.63) is 29.8 Å². The molecule has 204 valence electrons. The third kappa shape index (κ3) is 20.7. The summed E-state index contributed by atoms with van der Waals surface area (Å²) < 4.78 is 0. The van der Waals surface area contributed by atoms with Crippen LogP contribution in [-0.4, -0.2) is 63.8 Å².